The summed E-state index contributed by atoms with van der Waals surface area (Å²) >= 11 is 0. The lowest BCUT2D eigenvalue weighted by Crippen LogP contribution is -2.62. The Morgan fingerprint density at radius 2 is 1.77 bits per heavy atom. The molecule has 3 N–H and O–H groups in total. The summed E-state index contributed by atoms with van der Waals surface area (Å²) in [4.78, 5) is 43.1. The Hall–Kier alpha value is -4.16. The zero-order valence-corrected chi connectivity index (χ0v) is 25.2. The molecule has 1 aliphatic heterocycles. The third kappa shape index (κ3) is 8.26. The van der Waals surface area contributed by atoms with Gasteiger partial charge < -0.3 is 30.1 Å². The number of hydrogen-bond donors (Lipinski definition) is 3. The number of rotatable bonds is 12. The van der Waals surface area contributed by atoms with E-state index in [1.165, 1.54) is 23.2 Å². The highest BCUT2D eigenvalue weighted by atomic mass is 19.1. The number of aryl methyl sites for hydroxylation is 1. The lowest BCUT2D eigenvalue weighted by molar-refractivity contribution is 0.0389. The molecule has 3 amide bonds. The lowest BCUT2D eigenvalue weighted by atomic mass is 9.94. The number of carbonyl (C=O) groups is 3. The average Bonchev–Trinajstić information content (AvgIpc) is 3.54. The number of amides is 3. The fourth-order valence-corrected chi connectivity index (χ4v) is 5.52. The molecule has 4 rings (SSSR count). The number of aliphatic hydroxyl groups excluding tert-OH is 1. The fourth-order valence-electron chi connectivity index (χ4n) is 5.52. The zero-order valence-electron chi connectivity index (χ0n) is 25.2. The quantitative estimate of drug-likeness (QED) is 0.287. The van der Waals surface area contributed by atoms with Gasteiger partial charge in [-0.1, -0.05) is 19.0 Å². The van der Waals surface area contributed by atoms with Crippen molar-refractivity contribution in [2.24, 2.45) is 0 Å². The Labute approximate surface area is 255 Å². The molecule has 1 saturated heterocycles. The van der Waals surface area contributed by atoms with E-state index in [9.17, 15) is 28.3 Å². The summed E-state index contributed by atoms with van der Waals surface area (Å²) in [6, 6.07) is 7.65. The maximum absolute atomic E-state index is 14.1. The summed E-state index contributed by atoms with van der Waals surface area (Å²) in [7, 11) is 0. The molecule has 0 spiro atoms. The van der Waals surface area contributed by atoms with Crippen molar-refractivity contribution in [1.82, 2.24) is 25.6 Å². The molecular formula is C32H39F2N5O5. The van der Waals surface area contributed by atoms with Gasteiger partial charge in [0.05, 0.1) is 24.4 Å². The van der Waals surface area contributed by atoms with Gasteiger partial charge in [0.25, 0.3) is 17.7 Å². The molecule has 44 heavy (non-hydrogen) atoms. The van der Waals surface area contributed by atoms with E-state index in [-0.39, 0.29) is 35.8 Å². The minimum atomic E-state index is -1.27. The first-order valence-corrected chi connectivity index (χ1v) is 14.9. The largest absolute Gasteiger partial charge is 0.389 e. The number of nitrogens with one attached hydrogen (secondary N) is 2. The number of aromatic nitrogens is 1. The van der Waals surface area contributed by atoms with Crippen LogP contribution in [0.15, 0.2) is 53.2 Å². The molecule has 1 fully saturated rings. The minimum Gasteiger partial charge on any atom is -0.389 e. The lowest BCUT2D eigenvalue weighted by Gasteiger charge is -2.38. The predicted molar refractivity (Wildman–Crippen MR) is 159 cm³/mol. The van der Waals surface area contributed by atoms with Crippen LogP contribution in [-0.2, 0) is 6.42 Å². The number of hydrogen-bond acceptors (Lipinski definition) is 7. The second-order valence-corrected chi connectivity index (χ2v) is 11.1. The number of piperazine rings is 1. The Morgan fingerprint density at radius 3 is 2.41 bits per heavy atom. The summed E-state index contributed by atoms with van der Waals surface area (Å²) in [5.74, 6) is -2.66. The van der Waals surface area contributed by atoms with Crippen molar-refractivity contribution in [3.8, 4) is 0 Å². The van der Waals surface area contributed by atoms with Crippen LogP contribution >= 0.6 is 0 Å². The molecule has 12 heteroatoms. The van der Waals surface area contributed by atoms with Crippen molar-refractivity contribution in [3.63, 3.8) is 0 Å². The third-order valence-corrected chi connectivity index (χ3v) is 7.52. The van der Waals surface area contributed by atoms with Crippen molar-refractivity contribution in [2.45, 2.75) is 58.2 Å². The van der Waals surface area contributed by atoms with E-state index >= 15 is 0 Å². The van der Waals surface area contributed by atoms with E-state index in [1.807, 2.05) is 13.8 Å². The van der Waals surface area contributed by atoms with Crippen LogP contribution in [0, 0.1) is 18.6 Å². The maximum atomic E-state index is 14.1. The number of aliphatic hydroxyl groups is 1. The molecule has 236 valence electrons. The highest BCUT2D eigenvalue weighted by Crippen LogP contribution is 2.18. The van der Waals surface area contributed by atoms with Crippen LogP contribution in [0.25, 0.3) is 0 Å². The molecule has 1 aliphatic rings. The van der Waals surface area contributed by atoms with E-state index < -0.39 is 41.6 Å². The van der Waals surface area contributed by atoms with Crippen LogP contribution < -0.4 is 10.6 Å². The van der Waals surface area contributed by atoms with Crippen molar-refractivity contribution in [3.05, 3.63) is 88.3 Å². The molecular weight excluding hydrogens is 572 g/mol. The first-order chi connectivity index (χ1) is 21.1. The van der Waals surface area contributed by atoms with E-state index in [0.29, 0.717) is 37.3 Å². The smallest absolute Gasteiger partial charge is 0.292 e. The van der Waals surface area contributed by atoms with E-state index in [1.54, 1.807) is 24.0 Å². The van der Waals surface area contributed by atoms with Gasteiger partial charge in [0.2, 0.25) is 5.76 Å². The summed E-state index contributed by atoms with van der Waals surface area (Å²) in [5.41, 5.74) is 1.51. The van der Waals surface area contributed by atoms with Crippen LogP contribution in [0.4, 0.5) is 8.78 Å². The van der Waals surface area contributed by atoms with Gasteiger partial charge in [0.15, 0.2) is 0 Å². The molecule has 3 aromatic rings. The molecule has 0 saturated carbocycles. The molecule has 2 aromatic carbocycles. The van der Waals surface area contributed by atoms with Gasteiger partial charge in [-0.05, 0) is 67.6 Å². The highest BCUT2D eigenvalue weighted by Gasteiger charge is 2.35. The van der Waals surface area contributed by atoms with Gasteiger partial charge in [-0.3, -0.25) is 14.4 Å². The molecule has 0 unspecified atom stereocenters. The highest BCUT2D eigenvalue weighted by molar-refractivity contribution is 6.00. The Balaban J connectivity index is 1.59. The first kappa shape index (κ1) is 32.7. The SMILES string of the molecule is CCCN(CCC)C(=O)c1cc(C)cc(C(=O)N[C@@H](Cc2cc(F)cc(F)c2)[C@H](O)[C@H]2CN(C(=O)c3ccno3)CCN2)c1. The monoisotopic (exact) mass is 611 g/mol. The van der Waals surface area contributed by atoms with Gasteiger partial charge in [0, 0.05) is 56.0 Å². The van der Waals surface area contributed by atoms with Crippen molar-refractivity contribution in [1.29, 1.82) is 0 Å². The maximum Gasteiger partial charge on any atom is 0.292 e. The number of benzene rings is 2. The Morgan fingerprint density at radius 1 is 1.09 bits per heavy atom. The number of carbonyl (C=O) groups excluding carboxylic acids is 3. The molecule has 1 aromatic heterocycles. The summed E-state index contributed by atoms with van der Waals surface area (Å²) < 4.78 is 33.2. The molecule has 0 bridgehead atoms. The van der Waals surface area contributed by atoms with Gasteiger partial charge in [-0.15, -0.1) is 0 Å². The Bertz CT molecular complexity index is 1420. The van der Waals surface area contributed by atoms with E-state index in [0.717, 1.165) is 31.0 Å². The van der Waals surface area contributed by atoms with Crippen LogP contribution in [0.5, 0.6) is 0 Å². The van der Waals surface area contributed by atoms with Crippen LogP contribution in [0.3, 0.4) is 0 Å². The molecule has 10 nitrogen and oxygen atoms in total. The van der Waals surface area contributed by atoms with Crippen LogP contribution in [-0.4, -0.2) is 88.7 Å². The van der Waals surface area contributed by atoms with Gasteiger partial charge in [-0.25, -0.2) is 8.78 Å². The van der Waals surface area contributed by atoms with Crippen molar-refractivity contribution >= 4 is 17.7 Å². The summed E-state index contributed by atoms with van der Waals surface area (Å²) in [5, 5.41) is 21.1. The van der Waals surface area contributed by atoms with E-state index in [4.69, 9.17) is 4.52 Å². The van der Waals surface area contributed by atoms with Crippen LogP contribution in [0.1, 0.15) is 69.1 Å². The molecule has 0 radical (unpaired) electrons. The normalized spacial score (nSPS) is 16.3. The fraction of sp³-hybridized carbons (Fsp3) is 0.438. The molecule has 0 aliphatic carbocycles. The summed E-state index contributed by atoms with van der Waals surface area (Å²) in [6.07, 6.45) is 1.57. The second-order valence-electron chi connectivity index (χ2n) is 11.1. The van der Waals surface area contributed by atoms with Crippen molar-refractivity contribution < 1.29 is 32.8 Å². The predicted octanol–water partition coefficient (Wildman–Crippen LogP) is 3.34. The summed E-state index contributed by atoms with van der Waals surface area (Å²) in [6.45, 7) is 7.73. The third-order valence-electron chi connectivity index (χ3n) is 7.52. The van der Waals surface area contributed by atoms with Crippen LogP contribution in [0.2, 0.25) is 0 Å². The molecule has 3 atom stereocenters. The van der Waals surface area contributed by atoms with Crippen molar-refractivity contribution in [2.75, 3.05) is 32.7 Å². The average molecular weight is 612 g/mol. The number of halogens is 2. The zero-order chi connectivity index (χ0) is 31.8. The molecule has 2 heterocycles. The van der Waals surface area contributed by atoms with Gasteiger partial charge in [-0.2, -0.15) is 0 Å². The topological polar surface area (TPSA) is 128 Å². The number of nitrogens with zero attached hydrogens (tertiary/aromatic N) is 3. The van der Waals surface area contributed by atoms with Gasteiger partial charge in [0.1, 0.15) is 11.6 Å². The minimum absolute atomic E-state index is 0.0569. The standard InChI is InChI=1S/C32H39F2N5O5/c1-4-9-38(10-5-2)31(42)23-13-20(3)12-22(17-23)30(41)37-26(16-21-14-24(33)18-25(34)15-21)29(40)27-19-39(11-8-35-27)32(43)28-6-7-36-44-28/h6-7,12-15,17-18,26-27,29,35,40H,4-5,8-11,16,19H2,1-3H3,(H,37,41)/t26-,27+,29-/m0/s1. The van der Waals surface area contributed by atoms with Gasteiger partial charge >= 0.3 is 0 Å². The second kappa shape index (κ2) is 15.0. The Kier molecular flexibility index (Phi) is 11.2. The first-order valence-electron chi connectivity index (χ1n) is 14.9. The van der Waals surface area contributed by atoms with E-state index in [2.05, 4.69) is 15.8 Å².